The van der Waals surface area contributed by atoms with Crippen LogP contribution in [0.3, 0.4) is 0 Å². The van der Waals surface area contributed by atoms with E-state index in [0.29, 0.717) is 24.7 Å². The van der Waals surface area contributed by atoms with Crippen LogP contribution in [0.1, 0.15) is 27.7 Å². The summed E-state index contributed by atoms with van der Waals surface area (Å²) in [6, 6.07) is 1.61. The number of likely N-dealkylation sites (tertiary alicyclic amines) is 1. The highest BCUT2D eigenvalue weighted by Gasteiger charge is 2.34. The Bertz CT molecular complexity index is 277. The van der Waals surface area contributed by atoms with Gasteiger partial charge in [-0.05, 0) is 33.6 Å². The zero-order chi connectivity index (χ0) is 14.0. The second-order valence-electron chi connectivity index (χ2n) is 6.83. The molecule has 0 spiro atoms. The van der Waals surface area contributed by atoms with Crippen molar-refractivity contribution < 1.29 is 5.11 Å². The molecule has 0 aromatic carbocycles. The maximum Gasteiger partial charge on any atom is 0.0599 e. The van der Waals surface area contributed by atoms with Gasteiger partial charge in [-0.3, -0.25) is 9.80 Å². The van der Waals surface area contributed by atoms with Crippen LogP contribution >= 0.6 is 0 Å². The van der Waals surface area contributed by atoms with Crippen molar-refractivity contribution in [1.82, 2.24) is 14.7 Å². The summed E-state index contributed by atoms with van der Waals surface area (Å²) in [6.45, 7) is 16.3. The molecule has 112 valence electrons. The number of aliphatic hydroxyl groups excluding tert-OH is 1. The Morgan fingerprint density at radius 2 is 1.58 bits per heavy atom. The van der Waals surface area contributed by atoms with Crippen molar-refractivity contribution in [3.8, 4) is 0 Å². The normalized spacial score (nSPS) is 28.3. The van der Waals surface area contributed by atoms with Gasteiger partial charge < -0.3 is 10.0 Å². The summed E-state index contributed by atoms with van der Waals surface area (Å²) in [5.41, 5.74) is 0. The lowest BCUT2D eigenvalue weighted by atomic mass is 9.96. The van der Waals surface area contributed by atoms with Crippen LogP contribution in [-0.2, 0) is 0 Å². The summed E-state index contributed by atoms with van der Waals surface area (Å²) in [5.74, 6) is 0.807. The summed E-state index contributed by atoms with van der Waals surface area (Å²) in [7, 11) is 0. The zero-order valence-corrected chi connectivity index (χ0v) is 13.0. The van der Waals surface area contributed by atoms with Crippen LogP contribution in [0.4, 0.5) is 0 Å². The standard InChI is InChI=1S/C15H31N3O/c1-12(2)16-5-6-17(15(10-16)11-19)7-14-8-18(9-14)13(3)4/h12-15,19H,5-11H2,1-4H3/t15-/m0/s1. The second-order valence-corrected chi connectivity index (χ2v) is 6.83. The van der Waals surface area contributed by atoms with Crippen LogP contribution in [0.15, 0.2) is 0 Å². The predicted octanol–water partition coefficient (Wildman–Crippen LogP) is 0.714. The van der Waals surface area contributed by atoms with Crippen LogP contribution in [0, 0.1) is 5.92 Å². The van der Waals surface area contributed by atoms with E-state index in [9.17, 15) is 5.11 Å². The van der Waals surface area contributed by atoms with Crippen molar-refractivity contribution >= 4 is 0 Å². The van der Waals surface area contributed by atoms with Gasteiger partial charge in [-0.15, -0.1) is 0 Å². The third-order valence-electron chi connectivity index (χ3n) is 4.79. The molecule has 0 aromatic rings. The Balaban J connectivity index is 1.78. The van der Waals surface area contributed by atoms with Crippen molar-refractivity contribution in [1.29, 1.82) is 0 Å². The van der Waals surface area contributed by atoms with E-state index in [1.807, 2.05) is 0 Å². The molecular weight excluding hydrogens is 238 g/mol. The largest absolute Gasteiger partial charge is 0.395 e. The molecule has 0 aliphatic carbocycles. The van der Waals surface area contributed by atoms with Gasteiger partial charge in [-0.1, -0.05) is 0 Å². The van der Waals surface area contributed by atoms with Crippen LogP contribution in [0.25, 0.3) is 0 Å². The molecule has 0 amide bonds. The molecule has 2 rings (SSSR count). The number of rotatable bonds is 5. The molecule has 0 aromatic heterocycles. The van der Waals surface area contributed by atoms with E-state index in [0.717, 1.165) is 25.6 Å². The minimum absolute atomic E-state index is 0.295. The molecule has 2 aliphatic rings. The molecular formula is C15H31N3O. The van der Waals surface area contributed by atoms with Gasteiger partial charge in [-0.2, -0.15) is 0 Å². The van der Waals surface area contributed by atoms with Crippen molar-refractivity contribution in [2.24, 2.45) is 5.92 Å². The van der Waals surface area contributed by atoms with Crippen molar-refractivity contribution in [3.05, 3.63) is 0 Å². The lowest BCUT2D eigenvalue weighted by molar-refractivity contribution is -0.0144. The highest BCUT2D eigenvalue weighted by Crippen LogP contribution is 2.22. The average molecular weight is 269 g/mol. The van der Waals surface area contributed by atoms with E-state index in [1.54, 1.807) is 0 Å². The third kappa shape index (κ3) is 3.69. The first-order valence-corrected chi connectivity index (χ1v) is 7.84. The van der Waals surface area contributed by atoms with Crippen LogP contribution < -0.4 is 0 Å². The molecule has 1 N–H and O–H groups in total. The molecule has 0 radical (unpaired) electrons. The maximum absolute atomic E-state index is 9.63. The van der Waals surface area contributed by atoms with Crippen LogP contribution in [0.2, 0.25) is 0 Å². The van der Waals surface area contributed by atoms with Gasteiger partial charge in [0.2, 0.25) is 0 Å². The van der Waals surface area contributed by atoms with E-state index < -0.39 is 0 Å². The minimum Gasteiger partial charge on any atom is -0.395 e. The monoisotopic (exact) mass is 269 g/mol. The van der Waals surface area contributed by atoms with Gasteiger partial charge in [0.1, 0.15) is 0 Å². The van der Waals surface area contributed by atoms with E-state index in [-0.39, 0.29) is 0 Å². The summed E-state index contributed by atoms with van der Waals surface area (Å²) in [6.07, 6.45) is 0. The Kier molecular flexibility index (Phi) is 5.23. The average Bonchev–Trinajstić information content (AvgIpc) is 2.32. The van der Waals surface area contributed by atoms with E-state index in [1.165, 1.54) is 19.6 Å². The van der Waals surface area contributed by atoms with E-state index >= 15 is 0 Å². The summed E-state index contributed by atoms with van der Waals surface area (Å²) in [4.78, 5) is 7.53. The van der Waals surface area contributed by atoms with Gasteiger partial charge in [0.05, 0.1) is 6.61 Å². The second kappa shape index (κ2) is 6.53. The van der Waals surface area contributed by atoms with Gasteiger partial charge in [0.15, 0.2) is 0 Å². The smallest absolute Gasteiger partial charge is 0.0599 e. The molecule has 0 saturated carbocycles. The first-order chi connectivity index (χ1) is 9.01. The topological polar surface area (TPSA) is 30.0 Å². The third-order valence-corrected chi connectivity index (χ3v) is 4.79. The molecule has 2 heterocycles. The lowest BCUT2D eigenvalue weighted by Crippen LogP contribution is -2.60. The van der Waals surface area contributed by atoms with E-state index in [4.69, 9.17) is 0 Å². The molecule has 1 atom stereocenters. The molecule has 0 unspecified atom stereocenters. The Morgan fingerprint density at radius 3 is 2.11 bits per heavy atom. The first-order valence-electron chi connectivity index (χ1n) is 7.84. The lowest BCUT2D eigenvalue weighted by Gasteiger charge is -2.48. The highest BCUT2D eigenvalue weighted by atomic mass is 16.3. The number of aliphatic hydroxyl groups is 1. The predicted molar refractivity (Wildman–Crippen MR) is 79.4 cm³/mol. The minimum atomic E-state index is 0.295. The first kappa shape index (κ1) is 15.2. The molecule has 0 bridgehead atoms. The van der Waals surface area contributed by atoms with Gasteiger partial charge in [0, 0.05) is 57.4 Å². The number of nitrogens with zero attached hydrogens (tertiary/aromatic N) is 3. The molecule has 2 saturated heterocycles. The van der Waals surface area contributed by atoms with Crippen molar-refractivity contribution in [2.45, 2.75) is 45.8 Å². The number of hydrogen-bond acceptors (Lipinski definition) is 4. The fraction of sp³-hybridized carbons (Fsp3) is 1.00. The molecule has 2 fully saturated rings. The fourth-order valence-electron chi connectivity index (χ4n) is 3.28. The SMILES string of the molecule is CC(C)N1CC(CN2CCN(C(C)C)C[C@H]2CO)C1. The van der Waals surface area contributed by atoms with Crippen molar-refractivity contribution in [3.63, 3.8) is 0 Å². The summed E-state index contributed by atoms with van der Waals surface area (Å²) < 4.78 is 0. The number of hydrogen-bond donors (Lipinski definition) is 1. The van der Waals surface area contributed by atoms with Gasteiger partial charge >= 0.3 is 0 Å². The van der Waals surface area contributed by atoms with Gasteiger partial charge in [0.25, 0.3) is 0 Å². The van der Waals surface area contributed by atoms with E-state index in [2.05, 4.69) is 42.4 Å². The molecule has 4 nitrogen and oxygen atoms in total. The quantitative estimate of drug-likeness (QED) is 0.796. The Morgan fingerprint density at radius 1 is 0.947 bits per heavy atom. The Labute approximate surface area is 118 Å². The van der Waals surface area contributed by atoms with Gasteiger partial charge in [-0.25, -0.2) is 0 Å². The molecule has 4 heteroatoms. The van der Waals surface area contributed by atoms with Crippen LogP contribution in [-0.4, -0.2) is 83.8 Å². The molecule has 2 aliphatic heterocycles. The number of piperazine rings is 1. The van der Waals surface area contributed by atoms with Crippen LogP contribution in [0.5, 0.6) is 0 Å². The summed E-state index contributed by atoms with van der Waals surface area (Å²) >= 11 is 0. The molecule has 19 heavy (non-hydrogen) atoms. The maximum atomic E-state index is 9.63. The zero-order valence-electron chi connectivity index (χ0n) is 13.0. The fourth-order valence-corrected chi connectivity index (χ4v) is 3.28. The summed E-state index contributed by atoms with van der Waals surface area (Å²) in [5, 5.41) is 9.63. The highest BCUT2D eigenvalue weighted by molar-refractivity contribution is 4.89. The van der Waals surface area contributed by atoms with Crippen molar-refractivity contribution in [2.75, 3.05) is 45.9 Å². The Hall–Kier alpha value is -0.160.